The lowest BCUT2D eigenvalue weighted by molar-refractivity contribution is -0.121. The molecule has 0 spiro atoms. The van der Waals surface area contributed by atoms with E-state index in [-0.39, 0.29) is 5.91 Å². The molecule has 0 radical (unpaired) electrons. The third-order valence-electron chi connectivity index (χ3n) is 6.11. The number of hydrogen-bond acceptors (Lipinski definition) is 5. The lowest BCUT2D eigenvalue weighted by Crippen LogP contribution is -2.38. The van der Waals surface area contributed by atoms with E-state index in [1.807, 2.05) is 36.4 Å². The van der Waals surface area contributed by atoms with Crippen LogP contribution in [-0.4, -0.2) is 54.7 Å². The minimum absolute atomic E-state index is 0.110. The van der Waals surface area contributed by atoms with E-state index in [4.69, 9.17) is 11.8 Å². The minimum atomic E-state index is 0.110. The molecular formula is C25H32ClN5O. The largest absolute Gasteiger partial charge is 0.354 e. The van der Waals surface area contributed by atoms with Gasteiger partial charge in [0.15, 0.2) is 0 Å². The van der Waals surface area contributed by atoms with Crippen molar-refractivity contribution < 1.29 is 4.79 Å². The number of carbonyl (C=O) groups excluding carboxylic acids is 1. The Morgan fingerprint density at radius 3 is 2.28 bits per heavy atom. The number of nitrogens with zero attached hydrogens (tertiary/aromatic N) is 4. The van der Waals surface area contributed by atoms with Gasteiger partial charge in [-0.25, -0.2) is 0 Å². The summed E-state index contributed by atoms with van der Waals surface area (Å²) in [5.74, 6) is 0.110. The Kier molecular flexibility index (Phi) is 7.55. The molecule has 2 heterocycles. The van der Waals surface area contributed by atoms with E-state index in [0.717, 1.165) is 62.6 Å². The van der Waals surface area contributed by atoms with Gasteiger partial charge in [0.1, 0.15) is 0 Å². The molecule has 0 bridgehead atoms. The maximum Gasteiger partial charge on any atom is 0.221 e. The zero-order valence-corrected chi connectivity index (χ0v) is 19.5. The van der Waals surface area contributed by atoms with Crippen LogP contribution in [0.3, 0.4) is 0 Å². The molecule has 0 aromatic heterocycles. The number of para-hydroxylation sites is 2. The zero-order valence-electron chi connectivity index (χ0n) is 18.7. The van der Waals surface area contributed by atoms with Gasteiger partial charge in [-0.05, 0) is 56.1 Å². The third-order valence-corrected chi connectivity index (χ3v) is 6.50. The van der Waals surface area contributed by atoms with Crippen LogP contribution < -0.4 is 15.2 Å². The van der Waals surface area contributed by atoms with Gasteiger partial charge in [0.05, 0.1) is 24.6 Å². The van der Waals surface area contributed by atoms with Crippen molar-refractivity contribution in [1.29, 1.82) is 0 Å². The van der Waals surface area contributed by atoms with Crippen molar-refractivity contribution in [2.24, 2.45) is 0 Å². The molecule has 6 nitrogen and oxygen atoms in total. The van der Waals surface area contributed by atoms with Crippen LogP contribution in [0.4, 0.5) is 11.4 Å². The molecule has 170 valence electrons. The van der Waals surface area contributed by atoms with E-state index < -0.39 is 0 Å². The number of nitrogens with one attached hydrogen (secondary N) is 1. The predicted molar refractivity (Wildman–Crippen MR) is 131 cm³/mol. The van der Waals surface area contributed by atoms with Gasteiger partial charge >= 0.3 is 0 Å². The lowest BCUT2D eigenvalue weighted by Gasteiger charge is -2.30. The van der Waals surface area contributed by atoms with Gasteiger partial charge in [-0.15, -0.1) is 0 Å². The number of rotatable bonds is 4. The molecule has 2 aliphatic heterocycles. The molecule has 4 rings (SSSR count). The summed E-state index contributed by atoms with van der Waals surface area (Å²) in [6.07, 6.45) is 2.40. The summed E-state index contributed by atoms with van der Waals surface area (Å²) in [6.45, 7) is 7.02. The molecule has 7 heteroatoms. The Labute approximate surface area is 196 Å². The molecule has 2 aromatic carbocycles. The number of anilines is 2. The van der Waals surface area contributed by atoms with Crippen LogP contribution in [-0.2, 0) is 4.79 Å². The fraction of sp³-hybridized carbons (Fsp3) is 0.400. The second-order valence-corrected chi connectivity index (χ2v) is 8.79. The Morgan fingerprint density at radius 1 is 0.906 bits per heavy atom. The topological polar surface area (TPSA) is 42.1 Å². The van der Waals surface area contributed by atoms with Crippen LogP contribution in [0.25, 0.3) is 0 Å². The molecule has 1 amide bonds. The summed E-state index contributed by atoms with van der Waals surface area (Å²) < 4.78 is 1.78. The average molecular weight is 454 g/mol. The fourth-order valence-electron chi connectivity index (χ4n) is 4.31. The number of hydrogen-bond donors (Lipinski definition) is 1. The van der Waals surface area contributed by atoms with Gasteiger partial charge in [-0.1, -0.05) is 36.4 Å². The summed E-state index contributed by atoms with van der Waals surface area (Å²) in [6, 6.07) is 20.5. The number of hydrazine groups is 1. The van der Waals surface area contributed by atoms with E-state index in [2.05, 4.69) is 51.3 Å². The molecule has 32 heavy (non-hydrogen) atoms. The molecule has 0 atom stereocenters. The van der Waals surface area contributed by atoms with Crippen molar-refractivity contribution in [2.75, 3.05) is 49.3 Å². The van der Waals surface area contributed by atoms with Crippen molar-refractivity contribution in [3.8, 4) is 0 Å². The minimum Gasteiger partial charge on any atom is -0.354 e. The van der Waals surface area contributed by atoms with Gasteiger partial charge < -0.3 is 10.2 Å². The Hall–Kier alpha value is -2.70. The number of amides is 1. The van der Waals surface area contributed by atoms with Crippen molar-refractivity contribution >= 4 is 29.1 Å². The predicted octanol–water partition coefficient (Wildman–Crippen LogP) is 4.22. The van der Waals surface area contributed by atoms with Crippen molar-refractivity contribution in [3.05, 3.63) is 71.9 Å². The second-order valence-electron chi connectivity index (χ2n) is 8.47. The molecule has 0 saturated carbocycles. The Morgan fingerprint density at radius 2 is 1.56 bits per heavy atom. The van der Waals surface area contributed by atoms with E-state index in [1.54, 1.807) is 4.53 Å². The summed E-state index contributed by atoms with van der Waals surface area (Å²) in [7, 11) is 0. The van der Waals surface area contributed by atoms with Crippen LogP contribution >= 0.6 is 11.8 Å². The quantitative estimate of drug-likeness (QED) is 0.702. The lowest BCUT2D eigenvalue weighted by atomic mass is 10.2. The first-order valence-corrected chi connectivity index (χ1v) is 11.7. The molecule has 1 N–H and O–H groups in total. The highest BCUT2D eigenvalue weighted by atomic mass is 35.5. The molecule has 2 aromatic rings. The van der Waals surface area contributed by atoms with Gasteiger partial charge in [0.2, 0.25) is 5.91 Å². The van der Waals surface area contributed by atoms with Crippen molar-refractivity contribution in [2.45, 2.75) is 26.2 Å². The highest BCUT2D eigenvalue weighted by Gasteiger charge is 2.28. The first-order valence-electron chi connectivity index (χ1n) is 11.4. The van der Waals surface area contributed by atoms with E-state index in [0.29, 0.717) is 13.1 Å². The van der Waals surface area contributed by atoms with Gasteiger partial charge in [-0.3, -0.25) is 14.7 Å². The second kappa shape index (κ2) is 10.7. The molecule has 0 aliphatic carbocycles. The maximum absolute atomic E-state index is 12.3. The Balaban J connectivity index is 1.42. The average Bonchev–Trinajstić information content (AvgIpc) is 3.08. The van der Waals surface area contributed by atoms with Crippen LogP contribution in [0.2, 0.25) is 0 Å². The number of carbonyl (C=O) groups is 1. The first kappa shape index (κ1) is 22.5. The molecule has 1 fully saturated rings. The van der Waals surface area contributed by atoms with Crippen LogP contribution in [0.15, 0.2) is 71.9 Å². The normalized spacial score (nSPS) is 19.2. The van der Waals surface area contributed by atoms with Gasteiger partial charge in [0.25, 0.3) is 0 Å². The summed E-state index contributed by atoms with van der Waals surface area (Å²) in [5, 5.41) is 5.18. The molecule has 1 saturated heterocycles. The SMILES string of the molecule is CC1=C(CN2CCCC(=O)NCN(c3ccccc3)CCC2)N(Cl)N(c2ccccc2)C1. The smallest absolute Gasteiger partial charge is 0.221 e. The van der Waals surface area contributed by atoms with Gasteiger partial charge in [0, 0.05) is 43.5 Å². The highest BCUT2D eigenvalue weighted by Crippen LogP contribution is 2.31. The van der Waals surface area contributed by atoms with Gasteiger partial charge in [-0.2, -0.15) is 4.53 Å². The van der Waals surface area contributed by atoms with Crippen LogP contribution in [0.5, 0.6) is 0 Å². The third kappa shape index (κ3) is 5.56. The van der Waals surface area contributed by atoms with Crippen LogP contribution in [0, 0.1) is 0 Å². The molecule has 0 unspecified atom stereocenters. The summed E-state index contributed by atoms with van der Waals surface area (Å²) >= 11 is 6.78. The standard InChI is InChI=1S/C25H32ClN5O/c1-21-18-30(23-12-6-3-7-13-23)31(26)24(21)19-28-15-8-14-25(32)27-20-29(17-9-16-28)22-10-4-2-5-11-22/h2-7,10-13H,8-9,14-20H2,1H3,(H,27,32). The maximum atomic E-state index is 12.3. The van der Waals surface area contributed by atoms with E-state index in [9.17, 15) is 4.79 Å². The first-order chi connectivity index (χ1) is 15.6. The van der Waals surface area contributed by atoms with Crippen molar-refractivity contribution in [1.82, 2.24) is 14.7 Å². The molecule has 2 aliphatic rings. The number of halogens is 1. The summed E-state index contributed by atoms with van der Waals surface area (Å²) in [4.78, 5) is 17.0. The molecular weight excluding hydrogens is 422 g/mol. The summed E-state index contributed by atoms with van der Waals surface area (Å²) in [5.41, 5.74) is 4.64. The number of benzene rings is 2. The zero-order chi connectivity index (χ0) is 22.3. The highest BCUT2D eigenvalue weighted by molar-refractivity contribution is 6.15. The van der Waals surface area contributed by atoms with E-state index in [1.165, 1.54) is 5.57 Å². The van der Waals surface area contributed by atoms with E-state index >= 15 is 0 Å². The fourth-order valence-corrected chi connectivity index (χ4v) is 4.65. The Bertz CT molecular complexity index is 920. The van der Waals surface area contributed by atoms with Crippen LogP contribution in [0.1, 0.15) is 26.2 Å². The van der Waals surface area contributed by atoms with Crippen molar-refractivity contribution in [3.63, 3.8) is 0 Å². The monoisotopic (exact) mass is 453 g/mol.